The Kier molecular flexibility index (Phi) is 6.95. The lowest BCUT2D eigenvalue weighted by Crippen LogP contribution is -2.13. The lowest BCUT2D eigenvalue weighted by Gasteiger charge is -2.08. The van der Waals surface area contributed by atoms with Crippen LogP contribution in [0.2, 0.25) is 0 Å². The van der Waals surface area contributed by atoms with E-state index < -0.39 is 0 Å². The molecular weight excluding hydrogens is 321 g/mol. The second-order valence-electron chi connectivity index (χ2n) is 5.75. The predicted molar refractivity (Wildman–Crippen MR) is 97.6 cm³/mol. The number of carbonyl (C=O) groups is 2. The van der Waals surface area contributed by atoms with Gasteiger partial charge in [0.15, 0.2) is 0 Å². The monoisotopic (exact) mass is 343 g/mol. The van der Waals surface area contributed by atoms with E-state index in [4.69, 9.17) is 5.73 Å². The van der Waals surface area contributed by atoms with Crippen LogP contribution >= 0.6 is 0 Å². The van der Waals surface area contributed by atoms with Crippen molar-refractivity contribution < 1.29 is 14.0 Å². The second kappa shape index (κ2) is 9.42. The van der Waals surface area contributed by atoms with Gasteiger partial charge in [-0.15, -0.1) is 0 Å². The predicted octanol–water partition coefficient (Wildman–Crippen LogP) is 3.94. The van der Waals surface area contributed by atoms with Crippen molar-refractivity contribution in [2.45, 2.75) is 32.1 Å². The van der Waals surface area contributed by atoms with Gasteiger partial charge in [-0.05, 0) is 49.2 Å². The molecule has 6 heteroatoms. The van der Waals surface area contributed by atoms with Crippen LogP contribution < -0.4 is 16.4 Å². The van der Waals surface area contributed by atoms with Crippen LogP contribution in [0.4, 0.5) is 21.5 Å². The highest BCUT2D eigenvalue weighted by Gasteiger charge is 2.06. The van der Waals surface area contributed by atoms with E-state index in [0.717, 1.165) is 6.42 Å². The molecule has 0 radical (unpaired) electrons. The minimum absolute atomic E-state index is 0.0892. The fourth-order valence-corrected chi connectivity index (χ4v) is 2.33. The van der Waals surface area contributed by atoms with Gasteiger partial charge in [0.2, 0.25) is 11.8 Å². The summed E-state index contributed by atoms with van der Waals surface area (Å²) in [4.78, 5) is 23.6. The second-order valence-corrected chi connectivity index (χ2v) is 5.75. The highest BCUT2D eigenvalue weighted by molar-refractivity contribution is 5.93. The molecular formula is C19H22FN3O2. The Labute approximate surface area is 146 Å². The lowest BCUT2D eigenvalue weighted by atomic mass is 10.1. The number of benzene rings is 2. The molecule has 2 rings (SSSR count). The van der Waals surface area contributed by atoms with Crippen molar-refractivity contribution in [1.29, 1.82) is 0 Å². The van der Waals surface area contributed by atoms with Crippen LogP contribution in [0.1, 0.15) is 32.1 Å². The minimum atomic E-state index is -0.339. The molecule has 0 saturated heterocycles. The van der Waals surface area contributed by atoms with E-state index in [1.807, 2.05) is 12.1 Å². The van der Waals surface area contributed by atoms with Crippen LogP contribution in [0.3, 0.4) is 0 Å². The molecule has 2 aromatic rings. The molecule has 4 N–H and O–H groups in total. The van der Waals surface area contributed by atoms with Crippen molar-refractivity contribution >= 4 is 28.9 Å². The van der Waals surface area contributed by atoms with Gasteiger partial charge in [-0.25, -0.2) is 4.39 Å². The molecule has 0 spiro atoms. The van der Waals surface area contributed by atoms with Crippen molar-refractivity contribution in [3.63, 3.8) is 0 Å². The molecule has 0 aliphatic carbocycles. The van der Waals surface area contributed by atoms with Crippen molar-refractivity contribution in [2.75, 3.05) is 16.4 Å². The zero-order valence-corrected chi connectivity index (χ0v) is 13.9. The first-order chi connectivity index (χ1) is 12.0. The number of carbonyl (C=O) groups excluding carboxylic acids is 2. The molecule has 0 aliphatic heterocycles. The third-order valence-electron chi connectivity index (χ3n) is 3.67. The van der Waals surface area contributed by atoms with Gasteiger partial charge >= 0.3 is 0 Å². The minimum Gasteiger partial charge on any atom is -0.397 e. The maximum Gasteiger partial charge on any atom is 0.224 e. The summed E-state index contributed by atoms with van der Waals surface area (Å²) in [5.74, 6) is -0.546. The van der Waals surface area contributed by atoms with Crippen molar-refractivity contribution in [3.05, 3.63) is 54.3 Å². The normalized spacial score (nSPS) is 10.3. The summed E-state index contributed by atoms with van der Waals surface area (Å²) in [5, 5.41) is 5.48. The van der Waals surface area contributed by atoms with E-state index >= 15 is 0 Å². The average molecular weight is 343 g/mol. The molecule has 25 heavy (non-hydrogen) atoms. The topological polar surface area (TPSA) is 84.2 Å². The van der Waals surface area contributed by atoms with Gasteiger partial charge in [-0.3, -0.25) is 9.59 Å². The van der Waals surface area contributed by atoms with Crippen LogP contribution in [0.25, 0.3) is 0 Å². The van der Waals surface area contributed by atoms with Crippen LogP contribution in [0.5, 0.6) is 0 Å². The van der Waals surface area contributed by atoms with Crippen LogP contribution in [0.15, 0.2) is 48.5 Å². The number of hydrogen-bond donors (Lipinski definition) is 3. The maximum atomic E-state index is 12.8. The number of hydrogen-bond acceptors (Lipinski definition) is 3. The molecule has 0 bridgehead atoms. The molecule has 0 fully saturated rings. The summed E-state index contributed by atoms with van der Waals surface area (Å²) in [7, 11) is 0. The number of para-hydroxylation sites is 2. The van der Waals surface area contributed by atoms with E-state index in [2.05, 4.69) is 10.6 Å². The number of nitrogens with one attached hydrogen (secondary N) is 2. The fourth-order valence-electron chi connectivity index (χ4n) is 2.33. The van der Waals surface area contributed by atoms with Gasteiger partial charge in [0, 0.05) is 18.5 Å². The van der Waals surface area contributed by atoms with Crippen LogP contribution in [-0.4, -0.2) is 11.8 Å². The molecule has 0 atom stereocenters. The van der Waals surface area contributed by atoms with E-state index in [9.17, 15) is 14.0 Å². The summed E-state index contributed by atoms with van der Waals surface area (Å²) in [6.45, 7) is 0. The molecule has 5 nitrogen and oxygen atoms in total. The number of halogens is 1. The largest absolute Gasteiger partial charge is 0.397 e. The first kappa shape index (κ1) is 18.4. The Balaban J connectivity index is 1.59. The number of rotatable bonds is 8. The van der Waals surface area contributed by atoms with E-state index in [1.165, 1.54) is 24.3 Å². The SMILES string of the molecule is Nc1ccccc1NC(=O)CCCCCC(=O)Nc1ccc(F)cc1. The summed E-state index contributed by atoms with van der Waals surface area (Å²) in [6, 6.07) is 12.7. The summed E-state index contributed by atoms with van der Waals surface area (Å²) in [6.07, 6.45) is 2.91. The number of unbranched alkanes of at least 4 members (excludes halogenated alkanes) is 2. The van der Waals surface area contributed by atoms with Gasteiger partial charge in [-0.1, -0.05) is 18.6 Å². The first-order valence-electron chi connectivity index (χ1n) is 8.24. The highest BCUT2D eigenvalue weighted by Crippen LogP contribution is 2.17. The molecule has 2 amide bonds. The van der Waals surface area contributed by atoms with Gasteiger partial charge in [0.05, 0.1) is 11.4 Å². The summed E-state index contributed by atoms with van der Waals surface area (Å²) >= 11 is 0. The zero-order valence-electron chi connectivity index (χ0n) is 13.9. The van der Waals surface area contributed by atoms with Crippen molar-refractivity contribution in [3.8, 4) is 0 Å². The third-order valence-corrected chi connectivity index (χ3v) is 3.67. The Morgan fingerprint density at radius 1 is 0.840 bits per heavy atom. The van der Waals surface area contributed by atoms with Gasteiger partial charge in [-0.2, -0.15) is 0 Å². The summed E-state index contributed by atoms with van der Waals surface area (Å²) in [5.41, 5.74) is 7.50. The van der Waals surface area contributed by atoms with Crippen molar-refractivity contribution in [1.82, 2.24) is 0 Å². The first-order valence-corrected chi connectivity index (χ1v) is 8.24. The molecule has 132 valence electrons. The smallest absolute Gasteiger partial charge is 0.224 e. The van der Waals surface area contributed by atoms with Crippen LogP contribution in [-0.2, 0) is 9.59 Å². The Hall–Kier alpha value is -2.89. The Morgan fingerprint density at radius 3 is 2.08 bits per heavy atom. The lowest BCUT2D eigenvalue weighted by molar-refractivity contribution is -0.116. The fraction of sp³-hybridized carbons (Fsp3) is 0.263. The number of anilines is 3. The van der Waals surface area contributed by atoms with Crippen LogP contribution in [0, 0.1) is 5.82 Å². The zero-order chi connectivity index (χ0) is 18.1. The van der Waals surface area contributed by atoms with E-state index in [1.54, 1.807) is 12.1 Å². The molecule has 0 unspecified atom stereocenters. The highest BCUT2D eigenvalue weighted by atomic mass is 19.1. The molecule has 0 aliphatic rings. The maximum absolute atomic E-state index is 12.8. The molecule has 2 aromatic carbocycles. The number of nitrogen functional groups attached to an aromatic ring is 1. The third kappa shape index (κ3) is 6.63. The van der Waals surface area contributed by atoms with E-state index in [0.29, 0.717) is 42.7 Å². The molecule has 0 heterocycles. The van der Waals surface area contributed by atoms with Crippen molar-refractivity contribution in [2.24, 2.45) is 0 Å². The standard InChI is InChI=1S/C19H22FN3O2/c20-14-10-12-15(13-11-14)22-18(24)8-2-1-3-9-19(25)23-17-7-5-4-6-16(17)21/h4-7,10-13H,1-3,8-9,21H2,(H,22,24)(H,23,25). The Bertz CT molecular complexity index is 717. The summed E-state index contributed by atoms with van der Waals surface area (Å²) < 4.78 is 12.8. The molecule has 0 aromatic heterocycles. The Morgan fingerprint density at radius 2 is 1.44 bits per heavy atom. The van der Waals surface area contributed by atoms with Gasteiger partial charge in [0.25, 0.3) is 0 Å². The average Bonchev–Trinajstić information content (AvgIpc) is 2.59. The van der Waals surface area contributed by atoms with Gasteiger partial charge < -0.3 is 16.4 Å². The van der Waals surface area contributed by atoms with Gasteiger partial charge in [0.1, 0.15) is 5.82 Å². The molecule has 0 saturated carbocycles. The quantitative estimate of drug-likeness (QED) is 0.501. The number of nitrogens with two attached hydrogens (primary N) is 1. The van der Waals surface area contributed by atoms with E-state index in [-0.39, 0.29) is 17.6 Å². The number of amides is 2.